The van der Waals surface area contributed by atoms with E-state index in [-0.39, 0.29) is 5.82 Å². The van der Waals surface area contributed by atoms with E-state index in [1.165, 1.54) is 31.2 Å². The first-order valence-electron chi connectivity index (χ1n) is 7.77. The van der Waals surface area contributed by atoms with Gasteiger partial charge in [-0.1, -0.05) is 25.5 Å². The molecule has 1 heterocycles. The highest BCUT2D eigenvalue weighted by molar-refractivity contribution is 5.15. The van der Waals surface area contributed by atoms with Crippen molar-refractivity contribution in [2.45, 2.75) is 39.2 Å². The lowest BCUT2D eigenvalue weighted by molar-refractivity contribution is 0.112. The van der Waals surface area contributed by atoms with Crippen molar-refractivity contribution in [3.8, 4) is 0 Å². The Morgan fingerprint density at radius 1 is 1.20 bits per heavy atom. The third-order valence-electron chi connectivity index (χ3n) is 4.42. The van der Waals surface area contributed by atoms with Crippen LogP contribution in [0.15, 0.2) is 24.3 Å². The minimum Gasteiger partial charge on any atom is -0.317 e. The van der Waals surface area contributed by atoms with Crippen molar-refractivity contribution in [2.75, 3.05) is 26.7 Å². The average molecular weight is 278 g/mol. The monoisotopic (exact) mass is 278 g/mol. The highest BCUT2D eigenvalue weighted by atomic mass is 19.1. The highest BCUT2D eigenvalue weighted by Crippen LogP contribution is 2.34. The maximum atomic E-state index is 12.9. The van der Waals surface area contributed by atoms with Gasteiger partial charge in [0.25, 0.3) is 0 Å². The predicted molar refractivity (Wildman–Crippen MR) is 82.2 cm³/mol. The first-order chi connectivity index (χ1) is 9.63. The quantitative estimate of drug-likeness (QED) is 0.857. The summed E-state index contributed by atoms with van der Waals surface area (Å²) in [5.74, 6) is -0.155. The molecule has 1 aliphatic rings. The summed E-state index contributed by atoms with van der Waals surface area (Å²) in [7, 11) is 2.18. The van der Waals surface area contributed by atoms with Gasteiger partial charge >= 0.3 is 0 Å². The number of halogens is 1. The van der Waals surface area contributed by atoms with Crippen molar-refractivity contribution in [2.24, 2.45) is 5.41 Å². The normalized spacial score (nSPS) is 18.4. The second-order valence-corrected chi connectivity index (χ2v) is 6.30. The molecule has 1 aliphatic heterocycles. The third kappa shape index (κ3) is 4.29. The summed E-state index contributed by atoms with van der Waals surface area (Å²) in [6, 6.07) is 6.88. The van der Waals surface area contributed by atoms with Crippen LogP contribution in [0.2, 0.25) is 0 Å². The Hall–Kier alpha value is -0.930. The van der Waals surface area contributed by atoms with Gasteiger partial charge in [0, 0.05) is 13.1 Å². The molecule has 0 spiro atoms. The van der Waals surface area contributed by atoms with E-state index in [0.29, 0.717) is 5.41 Å². The zero-order valence-electron chi connectivity index (χ0n) is 12.8. The van der Waals surface area contributed by atoms with Crippen molar-refractivity contribution in [1.82, 2.24) is 10.2 Å². The molecule has 0 saturated carbocycles. The van der Waals surface area contributed by atoms with Crippen LogP contribution >= 0.6 is 0 Å². The number of benzene rings is 1. The van der Waals surface area contributed by atoms with Gasteiger partial charge in [0.15, 0.2) is 0 Å². The maximum absolute atomic E-state index is 12.9. The van der Waals surface area contributed by atoms with E-state index in [2.05, 4.69) is 24.2 Å². The maximum Gasteiger partial charge on any atom is 0.123 e. The Morgan fingerprint density at radius 3 is 2.45 bits per heavy atom. The Kier molecular flexibility index (Phi) is 5.55. The first-order valence-corrected chi connectivity index (χ1v) is 7.77. The molecule has 1 aromatic rings. The Morgan fingerprint density at radius 2 is 1.85 bits per heavy atom. The molecule has 0 atom stereocenters. The number of nitrogens with zero attached hydrogens (tertiary/aromatic N) is 1. The standard InChI is InChI=1S/C17H27FN2/c1-3-8-17(9-11-19-12-10-17)14-20(2)13-15-4-6-16(18)7-5-15/h4-7,19H,3,8-14H2,1-2H3. The van der Waals surface area contributed by atoms with E-state index < -0.39 is 0 Å². The molecule has 1 saturated heterocycles. The van der Waals surface area contributed by atoms with E-state index in [9.17, 15) is 4.39 Å². The number of hydrogen-bond donors (Lipinski definition) is 1. The number of piperidine rings is 1. The van der Waals surface area contributed by atoms with E-state index in [0.717, 1.165) is 26.2 Å². The number of hydrogen-bond acceptors (Lipinski definition) is 2. The summed E-state index contributed by atoms with van der Waals surface area (Å²) < 4.78 is 12.9. The third-order valence-corrected chi connectivity index (χ3v) is 4.42. The fraction of sp³-hybridized carbons (Fsp3) is 0.647. The van der Waals surface area contributed by atoms with Crippen LogP contribution in [0.1, 0.15) is 38.2 Å². The predicted octanol–water partition coefficient (Wildman–Crippen LogP) is 3.43. The molecule has 0 aromatic heterocycles. The molecule has 0 radical (unpaired) electrons. The lowest BCUT2D eigenvalue weighted by atomic mass is 9.75. The topological polar surface area (TPSA) is 15.3 Å². The van der Waals surface area contributed by atoms with Crippen LogP contribution in [0.4, 0.5) is 4.39 Å². The Labute approximate surface area is 122 Å². The van der Waals surface area contributed by atoms with Gasteiger partial charge in [0.2, 0.25) is 0 Å². The van der Waals surface area contributed by atoms with Crippen LogP contribution in [0.3, 0.4) is 0 Å². The summed E-state index contributed by atoms with van der Waals surface area (Å²) in [5, 5.41) is 3.47. The Balaban J connectivity index is 1.93. The van der Waals surface area contributed by atoms with Crippen LogP contribution in [-0.4, -0.2) is 31.6 Å². The molecule has 0 aliphatic carbocycles. The van der Waals surface area contributed by atoms with Crippen LogP contribution in [0.5, 0.6) is 0 Å². The van der Waals surface area contributed by atoms with Crippen molar-refractivity contribution in [1.29, 1.82) is 0 Å². The van der Waals surface area contributed by atoms with Crippen LogP contribution in [0.25, 0.3) is 0 Å². The molecule has 1 N–H and O–H groups in total. The lowest BCUT2D eigenvalue weighted by Gasteiger charge is -2.40. The summed E-state index contributed by atoms with van der Waals surface area (Å²) in [6.07, 6.45) is 5.11. The first kappa shape index (κ1) is 15.5. The Bertz CT molecular complexity index is 390. The highest BCUT2D eigenvalue weighted by Gasteiger charge is 2.32. The minimum absolute atomic E-state index is 0.155. The van der Waals surface area contributed by atoms with Gasteiger partial charge in [-0.25, -0.2) is 4.39 Å². The van der Waals surface area contributed by atoms with Crippen LogP contribution in [-0.2, 0) is 6.54 Å². The summed E-state index contributed by atoms with van der Waals surface area (Å²) in [4.78, 5) is 2.40. The van der Waals surface area contributed by atoms with Crippen molar-refractivity contribution in [3.63, 3.8) is 0 Å². The van der Waals surface area contributed by atoms with Gasteiger partial charge in [0.05, 0.1) is 0 Å². The van der Waals surface area contributed by atoms with E-state index >= 15 is 0 Å². The van der Waals surface area contributed by atoms with Crippen molar-refractivity contribution >= 4 is 0 Å². The molecule has 0 unspecified atom stereocenters. The van der Waals surface area contributed by atoms with E-state index in [1.54, 1.807) is 12.1 Å². The molecule has 1 aromatic carbocycles. The van der Waals surface area contributed by atoms with Crippen LogP contribution < -0.4 is 5.32 Å². The second kappa shape index (κ2) is 7.19. The molecule has 2 nitrogen and oxygen atoms in total. The lowest BCUT2D eigenvalue weighted by Crippen LogP contribution is -2.43. The largest absolute Gasteiger partial charge is 0.317 e. The van der Waals surface area contributed by atoms with Gasteiger partial charge in [0.1, 0.15) is 5.82 Å². The zero-order valence-corrected chi connectivity index (χ0v) is 12.8. The average Bonchev–Trinajstić information content (AvgIpc) is 2.42. The minimum atomic E-state index is -0.155. The van der Waals surface area contributed by atoms with Gasteiger partial charge in [-0.3, -0.25) is 0 Å². The molecule has 112 valence electrons. The number of nitrogens with one attached hydrogen (secondary N) is 1. The van der Waals surface area contributed by atoms with Crippen LogP contribution in [0, 0.1) is 11.2 Å². The fourth-order valence-corrected chi connectivity index (χ4v) is 3.50. The molecule has 20 heavy (non-hydrogen) atoms. The SMILES string of the molecule is CCCC1(CN(C)Cc2ccc(F)cc2)CCNCC1. The molecule has 0 amide bonds. The van der Waals surface area contributed by atoms with Crippen molar-refractivity contribution in [3.05, 3.63) is 35.6 Å². The van der Waals surface area contributed by atoms with Gasteiger partial charge in [-0.05, 0) is 62.5 Å². The summed E-state index contributed by atoms with van der Waals surface area (Å²) in [6.45, 7) is 6.61. The fourth-order valence-electron chi connectivity index (χ4n) is 3.50. The van der Waals surface area contributed by atoms with E-state index in [4.69, 9.17) is 0 Å². The molecule has 1 fully saturated rings. The number of rotatable bonds is 6. The molecular weight excluding hydrogens is 251 g/mol. The molecule has 3 heteroatoms. The second-order valence-electron chi connectivity index (χ2n) is 6.30. The smallest absolute Gasteiger partial charge is 0.123 e. The molecule has 0 bridgehead atoms. The van der Waals surface area contributed by atoms with Crippen molar-refractivity contribution < 1.29 is 4.39 Å². The van der Waals surface area contributed by atoms with Gasteiger partial charge < -0.3 is 10.2 Å². The summed E-state index contributed by atoms with van der Waals surface area (Å²) in [5.41, 5.74) is 1.66. The van der Waals surface area contributed by atoms with Gasteiger partial charge in [-0.15, -0.1) is 0 Å². The van der Waals surface area contributed by atoms with Gasteiger partial charge in [-0.2, -0.15) is 0 Å². The molecular formula is C17H27FN2. The molecule has 2 rings (SSSR count). The summed E-state index contributed by atoms with van der Waals surface area (Å²) >= 11 is 0. The van der Waals surface area contributed by atoms with E-state index in [1.807, 2.05) is 12.1 Å². The zero-order chi connectivity index (χ0) is 14.4.